The summed E-state index contributed by atoms with van der Waals surface area (Å²) in [6.07, 6.45) is 0. The summed E-state index contributed by atoms with van der Waals surface area (Å²) in [4.78, 5) is 11.4. The maximum atomic E-state index is 12.4. The van der Waals surface area contributed by atoms with E-state index in [4.69, 9.17) is 4.74 Å². The summed E-state index contributed by atoms with van der Waals surface area (Å²) >= 11 is 0. The predicted molar refractivity (Wildman–Crippen MR) is 86.2 cm³/mol. The highest BCUT2D eigenvalue weighted by Crippen LogP contribution is 2.26. The Bertz CT molecular complexity index is 784. The van der Waals surface area contributed by atoms with Crippen LogP contribution in [-0.2, 0) is 14.8 Å². The molecule has 0 saturated carbocycles. The summed E-state index contributed by atoms with van der Waals surface area (Å²) in [6.45, 7) is 2.24. The van der Waals surface area contributed by atoms with E-state index in [2.05, 4.69) is 9.46 Å². The zero-order valence-corrected chi connectivity index (χ0v) is 13.6. The van der Waals surface area contributed by atoms with Crippen molar-refractivity contribution >= 4 is 21.7 Å². The third-order valence-electron chi connectivity index (χ3n) is 3.02. The van der Waals surface area contributed by atoms with Crippen LogP contribution in [0.5, 0.6) is 5.75 Å². The van der Waals surface area contributed by atoms with E-state index in [-0.39, 0.29) is 10.5 Å². The molecule has 23 heavy (non-hydrogen) atoms. The molecule has 122 valence electrons. The molecule has 2 aromatic carbocycles. The number of nitrogens with one attached hydrogen (secondary N) is 1. The third kappa shape index (κ3) is 4.01. The van der Waals surface area contributed by atoms with Gasteiger partial charge in [-0.2, -0.15) is 0 Å². The number of anilines is 1. The highest BCUT2D eigenvalue weighted by Gasteiger charge is 2.17. The minimum absolute atomic E-state index is 0.0384. The van der Waals surface area contributed by atoms with Crippen molar-refractivity contribution in [3.05, 3.63) is 54.1 Å². The lowest BCUT2D eigenvalue weighted by atomic mass is 10.2. The van der Waals surface area contributed by atoms with Crippen molar-refractivity contribution in [3.8, 4) is 5.75 Å². The first-order valence-electron chi connectivity index (χ1n) is 6.91. The molecule has 2 aromatic rings. The molecule has 0 saturated heterocycles. The Morgan fingerprint density at radius 2 is 1.74 bits per heavy atom. The molecule has 0 spiro atoms. The van der Waals surface area contributed by atoms with E-state index in [1.807, 2.05) is 6.92 Å². The van der Waals surface area contributed by atoms with Gasteiger partial charge in [-0.3, -0.25) is 4.72 Å². The van der Waals surface area contributed by atoms with Crippen LogP contribution in [0.1, 0.15) is 17.3 Å². The van der Waals surface area contributed by atoms with Gasteiger partial charge in [0.1, 0.15) is 5.75 Å². The summed E-state index contributed by atoms with van der Waals surface area (Å²) in [6, 6.07) is 12.3. The minimum Gasteiger partial charge on any atom is -0.492 e. The molecule has 0 radical (unpaired) electrons. The molecule has 6 nitrogen and oxygen atoms in total. The Balaban J connectivity index is 2.27. The predicted octanol–water partition coefficient (Wildman–Crippen LogP) is 2.67. The molecule has 0 aliphatic rings. The number of hydrogen-bond acceptors (Lipinski definition) is 5. The van der Waals surface area contributed by atoms with E-state index in [1.165, 1.54) is 31.4 Å². The van der Waals surface area contributed by atoms with Crippen molar-refractivity contribution in [2.24, 2.45) is 0 Å². The number of sulfonamides is 1. The van der Waals surface area contributed by atoms with Gasteiger partial charge in [-0.1, -0.05) is 12.1 Å². The van der Waals surface area contributed by atoms with Crippen molar-refractivity contribution < 1.29 is 22.7 Å². The van der Waals surface area contributed by atoms with Crippen molar-refractivity contribution in [2.45, 2.75) is 11.8 Å². The molecular weight excluding hydrogens is 318 g/mol. The molecule has 0 amide bonds. The van der Waals surface area contributed by atoms with E-state index in [0.717, 1.165) is 0 Å². The van der Waals surface area contributed by atoms with Crippen LogP contribution in [0.25, 0.3) is 0 Å². The fourth-order valence-corrected chi connectivity index (χ4v) is 2.99. The molecule has 7 heteroatoms. The fourth-order valence-electron chi connectivity index (χ4n) is 1.92. The van der Waals surface area contributed by atoms with Crippen LogP contribution in [-0.4, -0.2) is 28.1 Å². The molecule has 0 heterocycles. The van der Waals surface area contributed by atoms with Crippen molar-refractivity contribution in [2.75, 3.05) is 18.4 Å². The minimum atomic E-state index is -3.79. The van der Waals surface area contributed by atoms with Crippen molar-refractivity contribution in [1.29, 1.82) is 0 Å². The Morgan fingerprint density at radius 1 is 1.09 bits per heavy atom. The number of benzene rings is 2. The SMILES string of the molecule is CCOc1ccccc1NS(=O)(=O)c1ccc(C(=O)OC)cc1. The average molecular weight is 335 g/mol. The number of esters is 1. The Hall–Kier alpha value is -2.54. The van der Waals surface area contributed by atoms with E-state index < -0.39 is 16.0 Å². The molecule has 0 atom stereocenters. The smallest absolute Gasteiger partial charge is 0.337 e. The normalized spacial score (nSPS) is 10.9. The zero-order chi connectivity index (χ0) is 16.9. The third-order valence-corrected chi connectivity index (χ3v) is 4.40. The fraction of sp³-hybridized carbons (Fsp3) is 0.188. The van der Waals surface area contributed by atoms with Crippen LogP contribution >= 0.6 is 0 Å². The number of carbonyl (C=O) groups excluding carboxylic acids is 1. The molecular formula is C16H17NO5S. The van der Waals surface area contributed by atoms with Gasteiger partial charge in [0.2, 0.25) is 0 Å². The lowest BCUT2D eigenvalue weighted by Crippen LogP contribution is -2.14. The molecule has 2 rings (SSSR count). The quantitative estimate of drug-likeness (QED) is 0.821. The van der Waals surface area contributed by atoms with Crippen LogP contribution in [0.4, 0.5) is 5.69 Å². The van der Waals surface area contributed by atoms with Crippen molar-refractivity contribution in [1.82, 2.24) is 0 Å². The van der Waals surface area contributed by atoms with Gasteiger partial charge in [-0.05, 0) is 43.3 Å². The van der Waals surface area contributed by atoms with Gasteiger partial charge >= 0.3 is 5.97 Å². The second-order valence-corrected chi connectivity index (χ2v) is 6.23. The second kappa shape index (κ2) is 7.15. The molecule has 1 N–H and O–H groups in total. The maximum Gasteiger partial charge on any atom is 0.337 e. The lowest BCUT2D eigenvalue weighted by Gasteiger charge is -2.12. The van der Waals surface area contributed by atoms with Gasteiger partial charge in [0.15, 0.2) is 0 Å². The summed E-state index contributed by atoms with van der Waals surface area (Å²) in [5.74, 6) is -0.0756. The van der Waals surface area contributed by atoms with E-state index >= 15 is 0 Å². The molecule has 0 fully saturated rings. The van der Waals surface area contributed by atoms with Crippen molar-refractivity contribution in [3.63, 3.8) is 0 Å². The van der Waals surface area contributed by atoms with Gasteiger partial charge in [0.25, 0.3) is 10.0 Å². The van der Waals surface area contributed by atoms with Gasteiger partial charge in [-0.25, -0.2) is 13.2 Å². The average Bonchev–Trinajstić information content (AvgIpc) is 2.56. The number of rotatable bonds is 6. The molecule has 0 aromatic heterocycles. The standard InChI is InChI=1S/C16H17NO5S/c1-3-22-15-7-5-4-6-14(15)17-23(19,20)13-10-8-12(9-11-13)16(18)21-2/h4-11,17H,3H2,1-2H3. The molecule has 0 aliphatic carbocycles. The summed E-state index contributed by atoms with van der Waals surface area (Å²) in [5, 5.41) is 0. The monoisotopic (exact) mass is 335 g/mol. The largest absolute Gasteiger partial charge is 0.492 e. The first-order chi connectivity index (χ1) is 11.0. The highest BCUT2D eigenvalue weighted by molar-refractivity contribution is 7.92. The Kier molecular flexibility index (Phi) is 5.23. The maximum absolute atomic E-state index is 12.4. The van der Waals surface area contributed by atoms with Crippen LogP contribution in [0.3, 0.4) is 0 Å². The second-order valence-electron chi connectivity index (χ2n) is 4.55. The number of carbonyl (C=O) groups is 1. The van der Waals surface area contributed by atoms with Gasteiger partial charge in [0.05, 0.1) is 29.9 Å². The van der Waals surface area contributed by atoms with Gasteiger partial charge in [-0.15, -0.1) is 0 Å². The van der Waals surface area contributed by atoms with Crippen LogP contribution in [0.15, 0.2) is 53.4 Å². The summed E-state index contributed by atoms with van der Waals surface area (Å²) in [7, 11) is -2.52. The highest BCUT2D eigenvalue weighted by atomic mass is 32.2. The Morgan fingerprint density at radius 3 is 2.35 bits per heavy atom. The first kappa shape index (κ1) is 16.8. The van der Waals surface area contributed by atoms with Crippen LogP contribution in [0, 0.1) is 0 Å². The number of ether oxygens (including phenoxy) is 2. The summed E-state index contributed by atoms with van der Waals surface area (Å²) in [5.41, 5.74) is 0.632. The van der Waals surface area contributed by atoms with Gasteiger partial charge in [0, 0.05) is 0 Å². The Labute approximate surface area is 135 Å². The molecule has 0 unspecified atom stereocenters. The van der Waals surface area contributed by atoms with E-state index in [9.17, 15) is 13.2 Å². The number of methoxy groups -OCH3 is 1. The van der Waals surface area contributed by atoms with Crippen LogP contribution in [0.2, 0.25) is 0 Å². The molecule has 0 aliphatic heterocycles. The first-order valence-corrected chi connectivity index (χ1v) is 8.39. The number of hydrogen-bond donors (Lipinski definition) is 1. The lowest BCUT2D eigenvalue weighted by molar-refractivity contribution is 0.0600. The van der Waals surface area contributed by atoms with E-state index in [0.29, 0.717) is 18.0 Å². The zero-order valence-electron chi connectivity index (χ0n) is 12.8. The van der Waals surface area contributed by atoms with E-state index in [1.54, 1.807) is 24.3 Å². The van der Waals surface area contributed by atoms with Crippen LogP contribution < -0.4 is 9.46 Å². The summed E-state index contributed by atoms with van der Waals surface area (Å²) < 4.78 is 37.3. The molecule has 0 bridgehead atoms. The number of para-hydroxylation sites is 2. The van der Waals surface area contributed by atoms with Gasteiger partial charge < -0.3 is 9.47 Å². The topological polar surface area (TPSA) is 81.7 Å².